The predicted molar refractivity (Wildman–Crippen MR) is 153 cm³/mol. The number of carbonyl (C=O) groups excluding carboxylic acids is 3. The molecule has 3 aromatic rings. The highest BCUT2D eigenvalue weighted by atomic mass is 32.2. The fourth-order valence-corrected chi connectivity index (χ4v) is 4.70. The summed E-state index contributed by atoms with van der Waals surface area (Å²) in [6, 6.07) is 17.0. The number of hydrogen-bond donors (Lipinski definition) is 2. The van der Waals surface area contributed by atoms with E-state index in [1.54, 1.807) is 42.5 Å². The Balaban J connectivity index is 1.43. The number of imide groups is 1. The molecule has 40 heavy (non-hydrogen) atoms. The molecule has 0 radical (unpaired) electrons. The van der Waals surface area contributed by atoms with Crippen molar-refractivity contribution in [2.24, 2.45) is 0 Å². The number of carboxylic acid groups (broad SMARTS) is 1. The molecule has 0 unspecified atom stereocenters. The Kier molecular flexibility index (Phi) is 8.90. The summed E-state index contributed by atoms with van der Waals surface area (Å²) in [4.78, 5) is 50.2. The van der Waals surface area contributed by atoms with Crippen molar-refractivity contribution in [1.82, 2.24) is 4.90 Å². The van der Waals surface area contributed by atoms with Crippen LogP contribution in [0.15, 0.2) is 65.6 Å². The molecule has 1 saturated heterocycles. The van der Waals surface area contributed by atoms with E-state index in [2.05, 4.69) is 5.32 Å². The lowest BCUT2D eigenvalue weighted by Gasteiger charge is -2.13. The van der Waals surface area contributed by atoms with Crippen molar-refractivity contribution in [1.29, 1.82) is 0 Å². The SMILES string of the molecule is CCOc1cc(/C=C2/SC(=O)N(CC(=O)Nc3ccc(C)c(C)c3)C2=O)ccc1OCc1ccc(C(=O)O)cc1. The minimum atomic E-state index is -1.000. The first kappa shape index (κ1) is 28.4. The van der Waals surface area contributed by atoms with Gasteiger partial charge in [0.15, 0.2) is 11.5 Å². The van der Waals surface area contributed by atoms with Gasteiger partial charge in [0.1, 0.15) is 13.2 Å². The second-order valence-electron chi connectivity index (χ2n) is 9.05. The molecular weight excluding hydrogens is 532 g/mol. The Bertz CT molecular complexity index is 1500. The van der Waals surface area contributed by atoms with Gasteiger partial charge in [0.2, 0.25) is 5.91 Å². The minimum absolute atomic E-state index is 0.189. The summed E-state index contributed by atoms with van der Waals surface area (Å²) in [5, 5.41) is 11.3. The largest absolute Gasteiger partial charge is 0.490 e. The van der Waals surface area contributed by atoms with Crippen LogP contribution < -0.4 is 14.8 Å². The third-order valence-electron chi connectivity index (χ3n) is 6.13. The molecule has 4 rings (SSSR count). The molecule has 3 aromatic carbocycles. The number of aromatic carboxylic acids is 1. The summed E-state index contributed by atoms with van der Waals surface area (Å²) in [5.41, 5.74) is 4.30. The molecule has 3 amide bonds. The lowest BCUT2D eigenvalue weighted by molar-refractivity contribution is -0.127. The first-order valence-corrected chi connectivity index (χ1v) is 13.3. The smallest absolute Gasteiger partial charge is 0.335 e. The van der Waals surface area contributed by atoms with Crippen LogP contribution in [0.2, 0.25) is 0 Å². The van der Waals surface area contributed by atoms with Crippen LogP contribution in [0.25, 0.3) is 6.08 Å². The highest BCUT2D eigenvalue weighted by Crippen LogP contribution is 2.35. The van der Waals surface area contributed by atoms with E-state index >= 15 is 0 Å². The maximum atomic E-state index is 13.0. The first-order valence-electron chi connectivity index (χ1n) is 12.5. The van der Waals surface area contributed by atoms with Gasteiger partial charge in [0, 0.05) is 5.69 Å². The van der Waals surface area contributed by atoms with Gasteiger partial charge in [-0.2, -0.15) is 0 Å². The average Bonchev–Trinajstić information content (AvgIpc) is 3.18. The van der Waals surface area contributed by atoms with Crippen LogP contribution in [-0.2, 0) is 16.2 Å². The van der Waals surface area contributed by atoms with Gasteiger partial charge < -0.3 is 19.9 Å². The van der Waals surface area contributed by atoms with Crippen molar-refractivity contribution in [3.05, 3.63) is 93.4 Å². The van der Waals surface area contributed by atoms with Gasteiger partial charge in [-0.1, -0.05) is 24.3 Å². The van der Waals surface area contributed by atoms with Gasteiger partial charge in [-0.15, -0.1) is 0 Å². The monoisotopic (exact) mass is 560 g/mol. The number of hydrogen-bond acceptors (Lipinski definition) is 7. The van der Waals surface area contributed by atoms with E-state index in [4.69, 9.17) is 14.6 Å². The van der Waals surface area contributed by atoms with E-state index in [0.29, 0.717) is 29.4 Å². The fraction of sp³-hybridized carbons (Fsp3) is 0.200. The lowest BCUT2D eigenvalue weighted by atomic mass is 10.1. The van der Waals surface area contributed by atoms with Crippen LogP contribution in [0.5, 0.6) is 11.5 Å². The molecule has 0 aliphatic carbocycles. The number of benzene rings is 3. The van der Waals surface area contributed by atoms with Gasteiger partial charge in [-0.25, -0.2) is 4.79 Å². The summed E-state index contributed by atoms with van der Waals surface area (Å²) in [6.45, 7) is 5.91. The van der Waals surface area contributed by atoms with Crippen molar-refractivity contribution in [3.8, 4) is 11.5 Å². The quantitative estimate of drug-likeness (QED) is 0.305. The topological polar surface area (TPSA) is 122 Å². The van der Waals surface area contributed by atoms with Crippen molar-refractivity contribution in [3.63, 3.8) is 0 Å². The predicted octanol–water partition coefficient (Wildman–Crippen LogP) is 5.65. The van der Waals surface area contributed by atoms with Crippen molar-refractivity contribution >= 4 is 46.5 Å². The molecule has 10 heteroatoms. The Morgan fingerprint density at radius 3 is 2.38 bits per heavy atom. The van der Waals surface area contributed by atoms with E-state index in [-0.39, 0.29) is 23.6 Å². The lowest BCUT2D eigenvalue weighted by Crippen LogP contribution is -2.36. The normalized spacial score (nSPS) is 14.0. The van der Waals surface area contributed by atoms with E-state index in [1.807, 2.05) is 32.9 Å². The van der Waals surface area contributed by atoms with Crippen LogP contribution in [0.4, 0.5) is 10.5 Å². The number of anilines is 1. The third kappa shape index (κ3) is 6.89. The summed E-state index contributed by atoms with van der Waals surface area (Å²) < 4.78 is 11.6. The van der Waals surface area contributed by atoms with Crippen LogP contribution >= 0.6 is 11.8 Å². The third-order valence-corrected chi connectivity index (χ3v) is 7.03. The second-order valence-corrected chi connectivity index (χ2v) is 10.0. The number of carboxylic acids is 1. The number of thioether (sulfide) groups is 1. The standard InChI is InChI=1S/C30H28N2O7S/c1-4-38-25-14-21(8-12-24(25)39-17-20-6-9-22(10-7-20)29(35)36)15-26-28(34)32(30(37)40-26)16-27(33)31-23-11-5-18(2)19(3)13-23/h5-15H,4,16-17H2,1-3H3,(H,31,33)(H,35,36)/b26-15+. The van der Waals surface area contributed by atoms with Gasteiger partial charge in [0.25, 0.3) is 11.1 Å². The Morgan fingerprint density at radius 2 is 1.70 bits per heavy atom. The molecule has 1 heterocycles. The van der Waals surface area contributed by atoms with Gasteiger partial charge in [-0.3, -0.25) is 19.3 Å². The van der Waals surface area contributed by atoms with E-state index in [9.17, 15) is 19.2 Å². The Morgan fingerprint density at radius 1 is 0.950 bits per heavy atom. The van der Waals surface area contributed by atoms with Gasteiger partial charge in [-0.05, 0) is 97.3 Å². The molecule has 0 atom stereocenters. The molecule has 206 valence electrons. The molecule has 0 saturated carbocycles. The van der Waals surface area contributed by atoms with Gasteiger partial charge >= 0.3 is 5.97 Å². The number of amides is 3. The number of ether oxygens (including phenoxy) is 2. The second kappa shape index (κ2) is 12.5. The molecule has 1 aliphatic heterocycles. The highest BCUT2D eigenvalue weighted by molar-refractivity contribution is 8.18. The highest BCUT2D eigenvalue weighted by Gasteiger charge is 2.36. The maximum absolute atomic E-state index is 13.0. The molecule has 0 aromatic heterocycles. The molecule has 2 N–H and O–H groups in total. The van der Waals surface area contributed by atoms with Crippen molar-refractivity contribution in [2.75, 3.05) is 18.5 Å². The molecule has 1 aliphatic rings. The van der Waals surface area contributed by atoms with E-state index < -0.39 is 23.0 Å². The van der Waals surface area contributed by atoms with Crippen LogP contribution in [-0.4, -0.2) is 46.2 Å². The first-order chi connectivity index (χ1) is 19.1. The molecular formula is C30H28N2O7S. The molecule has 0 bridgehead atoms. The summed E-state index contributed by atoms with van der Waals surface area (Å²) >= 11 is 0.768. The van der Waals surface area contributed by atoms with E-state index in [1.165, 1.54) is 12.1 Å². The average molecular weight is 561 g/mol. The van der Waals surface area contributed by atoms with Gasteiger partial charge in [0.05, 0.1) is 17.1 Å². The summed E-state index contributed by atoms with van der Waals surface area (Å²) in [5.74, 6) is -1.10. The Hall–Kier alpha value is -4.57. The van der Waals surface area contributed by atoms with Crippen molar-refractivity contribution < 1.29 is 33.8 Å². The summed E-state index contributed by atoms with van der Waals surface area (Å²) in [6.07, 6.45) is 1.57. The zero-order chi connectivity index (χ0) is 28.8. The van der Waals surface area contributed by atoms with Crippen LogP contribution in [0.1, 0.15) is 39.5 Å². The van der Waals surface area contributed by atoms with Crippen LogP contribution in [0, 0.1) is 13.8 Å². The van der Waals surface area contributed by atoms with Crippen LogP contribution in [0.3, 0.4) is 0 Å². The minimum Gasteiger partial charge on any atom is -0.490 e. The van der Waals surface area contributed by atoms with E-state index in [0.717, 1.165) is 33.4 Å². The zero-order valence-electron chi connectivity index (χ0n) is 22.2. The fourth-order valence-electron chi connectivity index (χ4n) is 3.86. The number of carbonyl (C=O) groups is 4. The number of aryl methyl sites for hydroxylation is 2. The molecule has 0 spiro atoms. The molecule has 1 fully saturated rings. The number of nitrogens with one attached hydrogen (secondary N) is 1. The Labute approximate surface area is 235 Å². The zero-order valence-corrected chi connectivity index (χ0v) is 23.0. The number of rotatable bonds is 10. The van der Waals surface area contributed by atoms with Crippen molar-refractivity contribution in [2.45, 2.75) is 27.4 Å². The maximum Gasteiger partial charge on any atom is 0.335 e. The number of nitrogens with zero attached hydrogens (tertiary/aromatic N) is 1. The summed E-state index contributed by atoms with van der Waals surface area (Å²) in [7, 11) is 0. The molecule has 9 nitrogen and oxygen atoms in total.